The van der Waals surface area contributed by atoms with E-state index in [0.29, 0.717) is 24.2 Å². The zero-order valence-corrected chi connectivity index (χ0v) is 17.8. The number of aliphatic hydroxyl groups is 3. The first-order valence-electron chi connectivity index (χ1n) is 10.8. The number of hydrogen-bond donors (Lipinski definition) is 4. The largest absolute Gasteiger partial charge is 0.496 e. The van der Waals surface area contributed by atoms with Crippen molar-refractivity contribution in [1.82, 2.24) is 0 Å². The standard InChI is InChI=1S/C24H30O7/c1-13-19(25)20(26)21(27)22(31-13)18-16-8-7-15(12-14(16)6-9-17(18)30-2)24(23(28)29)10-4-3-5-11-24/h6-9,12-13,19-22,25-27H,3-5,10-11H2,1-2H3,(H,28,29)/t13-,19+,20+,21-,22+/m0/s1. The molecule has 4 rings (SSSR count). The van der Waals surface area contributed by atoms with E-state index in [4.69, 9.17) is 9.47 Å². The Kier molecular flexibility index (Phi) is 5.96. The van der Waals surface area contributed by atoms with Crippen LogP contribution in [0.1, 0.15) is 56.3 Å². The highest BCUT2D eigenvalue weighted by atomic mass is 16.5. The van der Waals surface area contributed by atoms with Gasteiger partial charge in [-0.05, 0) is 48.2 Å². The smallest absolute Gasteiger partial charge is 0.314 e. The summed E-state index contributed by atoms with van der Waals surface area (Å²) in [6.45, 7) is 1.64. The van der Waals surface area contributed by atoms with E-state index in [0.717, 1.165) is 35.6 Å². The topological polar surface area (TPSA) is 116 Å². The fraction of sp³-hybridized carbons (Fsp3) is 0.542. The van der Waals surface area contributed by atoms with Crippen LogP contribution in [-0.4, -0.2) is 57.9 Å². The second-order valence-electron chi connectivity index (χ2n) is 8.80. The van der Waals surface area contributed by atoms with E-state index >= 15 is 0 Å². The first kappa shape index (κ1) is 22.0. The number of carboxylic acid groups (broad SMARTS) is 1. The van der Waals surface area contributed by atoms with Crippen molar-refractivity contribution in [2.45, 2.75) is 75.0 Å². The van der Waals surface area contributed by atoms with Crippen molar-refractivity contribution in [3.05, 3.63) is 41.5 Å². The molecule has 1 saturated heterocycles. The van der Waals surface area contributed by atoms with Crippen molar-refractivity contribution in [3.8, 4) is 5.75 Å². The van der Waals surface area contributed by atoms with E-state index < -0.39 is 41.9 Å². The Hall–Kier alpha value is -2.19. The summed E-state index contributed by atoms with van der Waals surface area (Å²) in [6.07, 6.45) is -1.42. The van der Waals surface area contributed by atoms with Gasteiger partial charge in [0.05, 0.1) is 18.6 Å². The summed E-state index contributed by atoms with van der Waals surface area (Å²) in [5, 5.41) is 42.6. The van der Waals surface area contributed by atoms with Crippen LogP contribution in [0.15, 0.2) is 30.3 Å². The summed E-state index contributed by atoms with van der Waals surface area (Å²) >= 11 is 0. The highest BCUT2D eigenvalue weighted by Crippen LogP contribution is 2.44. The maximum Gasteiger partial charge on any atom is 0.314 e. The second-order valence-corrected chi connectivity index (χ2v) is 8.80. The molecule has 7 heteroatoms. The summed E-state index contributed by atoms with van der Waals surface area (Å²) < 4.78 is 11.4. The third kappa shape index (κ3) is 3.59. The molecule has 1 aliphatic carbocycles. The number of benzene rings is 2. The molecule has 2 fully saturated rings. The number of aliphatic hydroxyl groups excluding tert-OH is 3. The van der Waals surface area contributed by atoms with Gasteiger partial charge in [0.25, 0.3) is 0 Å². The molecule has 31 heavy (non-hydrogen) atoms. The Balaban J connectivity index is 1.84. The van der Waals surface area contributed by atoms with Gasteiger partial charge in [-0.15, -0.1) is 0 Å². The van der Waals surface area contributed by atoms with E-state index in [1.165, 1.54) is 7.11 Å². The zero-order valence-electron chi connectivity index (χ0n) is 17.8. The molecule has 0 spiro atoms. The lowest BCUT2D eigenvalue weighted by molar-refractivity contribution is -0.219. The van der Waals surface area contributed by atoms with Crippen LogP contribution in [0.25, 0.3) is 10.8 Å². The predicted molar refractivity (Wildman–Crippen MR) is 114 cm³/mol. The van der Waals surface area contributed by atoms with E-state index in [1.54, 1.807) is 13.0 Å². The van der Waals surface area contributed by atoms with Gasteiger partial charge in [-0.1, -0.05) is 37.5 Å². The quantitative estimate of drug-likeness (QED) is 0.589. The van der Waals surface area contributed by atoms with Crippen LogP contribution in [0.4, 0.5) is 0 Å². The van der Waals surface area contributed by atoms with Crippen molar-refractivity contribution < 1.29 is 34.7 Å². The molecule has 5 atom stereocenters. The van der Waals surface area contributed by atoms with Gasteiger partial charge < -0.3 is 29.9 Å². The van der Waals surface area contributed by atoms with Crippen molar-refractivity contribution >= 4 is 16.7 Å². The number of carbonyl (C=O) groups is 1. The molecular weight excluding hydrogens is 400 g/mol. The molecule has 7 nitrogen and oxygen atoms in total. The van der Waals surface area contributed by atoms with Gasteiger partial charge in [0.15, 0.2) is 0 Å². The number of ether oxygens (including phenoxy) is 2. The molecule has 4 N–H and O–H groups in total. The monoisotopic (exact) mass is 430 g/mol. The molecule has 1 aliphatic heterocycles. The van der Waals surface area contributed by atoms with Gasteiger partial charge in [0.1, 0.15) is 30.2 Å². The Morgan fingerprint density at radius 3 is 2.39 bits per heavy atom. The average molecular weight is 430 g/mol. The lowest BCUT2D eigenvalue weighted by atomic mass is 9.69. The average Bonchev–Trinajstić information content (AvgIpc) is 2.79. The molecule has 2 aromatic carbocycles. The van der Waals surface area contributed by atoms with Crippen LogP contribution < -0.4 is 4.74 Å². The molecule has 0 radical (unpaired) electrons. The number of rotatable bonds is 4. The van der Waals surface area contributed by atoms with Gasteiger partial charge in [0.2, 0.25) is 0 Å². The lowest BCUT2D eigenvalue weighted by Crippen LogP contribution is -2.53. The van der Waals surface area contributed by atoms with Crippen LogP contribution in [0, 0.1) is 0 Å². The van der Waals surface area contributed by atoms with Crippen molar-refractivity contribution in [2.75, 3.05) is 7.11 Å². The molecule has 0 unspecified atom stereocenters. The minimum Gasteiger partial charge on any atom is -0.496 e. The van der Waals surface area contributed by atoms with Gasteiger partial charge in [0, 0.05) is 5.56 Å². The van der Waals surface area contributed by atoms with E-state index in [1.807, 2.05) is 24.3 Å². The summed E-state index contributed by atoms with van der Waals surface area (Å²) in [4.78, 5) is 12.2. The Morgan fingerprint density at radius 2 is 1.74 bits per heavy atom. The van der Waals surface area contributed by atoms with E-state index in [2.05, 4.69) is 0 Å². The fourth-order valence-corrected chi connectivity index (χ4v) is 5.17. The molecule has 0 amide bonds. The fourth-order valence-electron chi connectivity index (χ4n) is 5.17. The van der Waals surface area contributed by atoms with Crippen molar-refractivity contribution in [2.24, 2.45) is 0 Å². The van der Waals surface area contributed by atoms with Crippen LogP contribution in [0.5, 0.6) is 5.75 Å². The molecule has 2 aromatic rings. The summed E-state index contributed by atoms with van der Waals surface area (Å²) in [6, 6.07) is 9.22. The van der Waals surface area contributed by atoms with Crippen molar-refractivity contribution in [1.29, 1.82) is 0 Å². The highest BCUT2D eigenvalue weighted by Gasteiger charge is 2.44. The molecule has 168 valence electrons. The van der Waals surface area contributed by atoms with Gasteiger partial charge in [-0.25, -0.2) is 0 Å². The van der Waals surface area contributed by atoms with Crippen LogP contribution in [0.2, 0.25) is 0 Å². The Morgan fingerprint density at radius 1 is 1.03 bits per heavy atom. The van der Waals surface area contributed by atoms with Gasteiger partial charge >= 0.3 is 5.97 Å². The molecule has 2 aliphatic rings. The number of methoxy groups -OCH3 is 1. The molecule has 1 saturated carbocycles. The normalized spacial score (nSPS) is 30.8. The van der Waals surface area contributed by atoms with Crippen molar-refractivity contribution in [3.63, 3.8) is 0 Å². The Labute approximate surface area is 181 Å². The molecular formula is C24H30O7. The number of fused-ring (bicyclic) bond motifs is 1. The predicted octanol–water partition coefficient (Wildman–Crippen LogP) is 2.68. The second kappa shape index (κ2) is 8.39. The third-order valence-corrected chi connectivity index (χ3v) is 7.05. The van der Waals surface area contributed by atoms with E-state index in [9.17, 15) is 25.2 Å². The molecule has 0 bridgehead atoms. The Bertz CT molecular complexity index is 966. The minimum atomic E-state index is -1.36. The summed E-state index contributed by atoms with van der Waals surface area (Å²) in [7, 11) is 1.52. The zero-order chi connectivity index (χ0) is 22.3. The maximum atomic E-state index is 12.2. The van der Waals surface area contributed by atoms with Gasteiger partial charge in [-0.3, -0.25) is 4.79 Å². The number of aliphatic carboxylic acids is 1. The number of hydrogen-bond acceptors (Lipinski definition) is 6. The summed E-state index contributed by atoms with van der Waals surface area (Å²) in [5.41, 5.74) is 0.462. The molecule has 0 aromatic heterocycles. The third-order valence-electron chi connectivity index (χ3n) is 7.05. The molecule has 1 heterocycles. The van der Waals surface area contributed by atoms with Crippen LogP contribution in [0.3, 0.4) is 0 Å². The SMILES string of the molecule is COc1ccc2cc(C3(C(=O)O)CCCCC3)ccc2c1[C@H]1O[C@@H](C)[C@@H](O)[C@@H](O)[C@@H]1O. The highest BCUT2D eigenvalue weighted by molar-refractivity contribution is 5.91. The minimum absolute atomic E-state index is 0.491. The van der Waals surface area contributed by atoms with E-state index in [-0.39, 0.29) is 0 Å². The van der Waals surface area contributed by atoms with Crippen LogP contribution in [-0.2, 0) is 14.9 Å². The number of carboxylic acids is 1. The first-order valence-corrected chi connectivity index (χ1v) is 10.8. The van der Waals surface area contributed by atoms with Crippen LogP contribution >= 0.6 is 0 Å². The summed E-state index contributed by atoms with van der Waals surface area (Å²) in [5.74, 6) is -0.303. The maximum absolute atomic E-state index is 12.2. The lowest BCUT2D eigenvalue weighted by Gasteiger charge is -2.40. The van der Waals surface area contributed by atoms with Gasteiger partial charge in [-0.2, -0.15) is 0 Å². The first-order chi connectivity index (χ1) is 14.8.